The summed E-state index contributed by atoms with van der Waals surface area (Å²) >= 11 is 0. The molecule has 2 saturated carbocycles. The molecular weight excluding hydrogens is 200 g/mol. The zero-order valence-electron chi connectivity index (χ0n) is 9.32. The summed E-state index contributed by atoms with van der Waals surface area (Å²) in [5.41, 5.74) is -0.115. The van der Waals surface area contributed by atoms with E-state index < -0.39 is 0 Å². The Labute approximate surface area is 95.6 Å². The van der Waals surface area contributed by atoms with Crippen LogP contribution in [0.15, 0.2) is 30.3 Å². The Balaban J connectivity index is 1.75. The fourth-order valence-electron chi connectivity index (χ4n) is 3.04. The predicted molar refractivity (Wildman–Crippen MR) is 61.4 cm³/mol. The van der Waals surface area contributed by atoms with Crippen LogP contribution in [0.3, 0.4) is 0 Å². The van der Waals surface area contributed by atoms with E-state index in [4.69, 9.17) is 4.74 Å². The number of para-hydroxylation sites is 1. The van der Waals surface area contributed by atoms with Gasteiger partial charge in [0.05, 0.1) is 5.41 Å². The first kappa shape index (κ1) is 9.88. The van der Waals surface area contributed by atoms with Crippen LogP contribution in [0.5, 0.6) is 5.75 Å². The Morgan fingerprint density at radius 2 is 1.81 bits per heavy atom. The lowest BCUT2D eigenvalue weighted by molar-refractivity contribution is -0.151. The van der Waals surface area contributed by atoms with Crippen LogP contribution in [-0.4, -0.2) is 11.9 Å². The first-order chi connectivity index (χ1) is 7.81. The topological polar surface area (TPSA) is 26.3 Å². The van der Waals surface area contributed by atoms with Crippen LogP contribution in [-0.2, 0) is 4.79 Å². The first-order valence-electron chi connectivity index (χ1n) is 6.06. The van der Waals surface area contributed by atoms with Crippen molar-refractivity contribution in [3.05, 3.63) is 30.3 Å². The molecule has 2 aliphatic rings. The highest BCUT2D eigenvalue weighted by atomic mass is 16.5. The first-order valence-corrected chi connectivity index (χ1v) is 6.06. The summed E-state index contributed by atoms with van der Waals surface area (Å²) in [5.74, 6) is 1.32. The monoisotopic (exact) mass is 216 g/mol. The van der Waals surface area contributed by atoms with E-state index in [1.807, 2.05) is 30.3 Å². The Morgan fingerprint density at radius 3 is 2.44 bits per heavy atom. The van der Waals surface area contributed by atoms with E-state index in [1.54, 1.807) is 0 Å². The van der Waals surface area contributed by atoms with Crippen molar-refractivity contribution in [2.75, 3.05) is 0 Å². The second kappa shape index (κ2) is 3.62. The van der Waals surface area contributed by atoms with Crippen molar-refractivity contribution in [2.45, 2.75) is 38.2 Å². The van der Waals surface area contributed by atoms with Gasteiger partial charge in [0.2, 0.25) is 0 Å². The minimum absolute atomic E-state index is 0.115. The van der Waals surface area contributed by atoms with Gasteiger partial charge in [0.25, 0.3) is 0 Å². The summed E-state index contributed by atoms with van der Waals surface area (Å²) in [6.07, 6.45) is 5.16. The third-order valence-electron chi connectivity index (χ3n) is 4.06. The molecule has 2 heteroatoms. The molecule has 0 saturated heterocycles. The summed E-state index contributed by atoms with van der Waals surface area (Å²) in [4.78, 5) is 11.8. The van der Waals surface area contributed by atoms with Crippen LogP contribution in [0.25, 0.3) is 0 Å². The third kappa shape index (κ3) is 1.36. The molecule has 84 valence electrons. The summed E-state index contributed by atoms with van der Waals surface area (Å²) in [7, 11) is 0. The quantitative estimate of drug-likeness (QED) is 0.759. The van der Waals surface area contributed by atoms with Crippen molar-refractivity contribution in [3.8, 4) is 5.75 Å². The van der Waals surface area contributed by atoms with E-state index >= 15 is 0 Å². The Kier molecular flexibility index (Phi) is 2.23. The summed E-state index contributed by atoms with van der Waals surface area (Å²) in [6, 6.07) is 9.84. The average molecular weight is 216 g/mol. The Hall–Kier alpha value is -1.31. The molecule has 0 radical (unpaired) electrons. The maximum absolute atomic E-state index is 11.8. The molecule has 0 aliphatic heterocycles. The Morgan fingerprint density at radius 1 is 1.12 bits per heavy atom. The maximum Gasteiger partial charge on any atom is 0.146 e. The second-order valence-corrected chi connectivity index (χ2v) is 4.91. The smallest absolute Gasteiger partial charge is 0.146 e. The SMILES string of the molecule is O=C1CC(Oc2ccccc2)C12CCCC2. The van der Waals surface area contributed by atoms with E-state index in [2.05, 4.69) is 0 Å². The highest BCUT2D eigenvalue weighted by Crippen LogP contribution is 2.51. The zero-order chi connectivity index (χ0) is 11.0. The van der Waals surface area contributed by atoms with E-state index in [9.17, 15) is 4.79 Å². The predicted octanol–water partition coefficient (Wildman–Crippen LogP) is 2.97. The summed E-state index contributed by atoms with van der Waals surface area (Å²) < 4.78 is 5.94. The Bertz CT molecular complexity index is 390. The molecule has 1 spiro atoms. The van der Waals surface area contributed by atoms with Crippen molar-refractivity contribution in [2.24, 2.45) is 5.41 Å². The molecule has 2 fully saturated rings. The standard InChI is InChI=1S/C14H16O2/c15-12-10-13(14(12)8-4-5-9-14)16-11-6-2-1-3-7-11/h1-3,6-7,13H,4-5,8-10H2. The highest BCUT2D eigenvalue weighted by Gasteiger charge is 2.57. The van der Waals surface area contributed by atoms with Crippen LogP contribution < -0.4 is 4.74 Å². The fraction of sp³-hybridized carbons (Fsp3) is 0.500. The van der Waals surface area contributed by atoms with Crippen LogP contribution in [0.1, 0.15) is 32.1 Å². The largest absolute Gasteiger partial charge is 0.489 e. The number of carbonyl (C=O) groups excluding carboxylic acids is 1. The van der Waals surface area contributed by atoms with Gasteiger partial charge >= 0.3 is 0 Å². The normalized spacial score (nSPS) is 26.8. The molecule has 16 heavy (non-hydrogen) atoms. The number of rotatable bonds is 2. The van der Waals surface area contributed by atoms with Gasteiger partial charge in [-0.05, 0) is 25.0 Å². The minimum atomic E-state index is -0.115. The van der Waals surface area contributed by atoms with Crippen LogP contribution in [0.4, 0.5) is 0 Å². The van der Waals surface area contributed by atoms with Crippen molar-refractivity contribution < 1.29 is 9.53 Å². The molecule has 1 atom stereocenters. The van der Waals surface area contributed by atoms with Gasteiger partial charge in [0, 0.05) is 6.42 Å². The molecule has 0 heterocycles. The number of Topliss-reactive ketones (excluding diaryl/α,β-unsaturated/α-hetero) is 1. The van der Waals surface area contributed by atoms with Crippen molar-refractivity contribution >= 4 is 5.78 Å². The number of benzene rings is 1. The van der Waals surface area contributed by atoms with Gasteiger partial charge in [-0.1, -0.05) is 31.0 Å². The lowest BCUT2D eigenvalue weighted by Gasteiger charge is -2.44. The lowest BCUT2D eigenvalue weighted by atomic mass is 9.63. The second-order valence-electron chi connectivity index (χ2n) is 4.91. The van der Waals surface area contributed by atoms with Crippen LogP contribution in [0.2, 0.25) is 0 Å². The lowest BCUT2D eigenvalue weighted by Crippen LogP contribution is -2.55. The van der Waals surface area contributed by atoms with E-state index in [-0.39, 0.29) is 11.5 Å². The maximum atomic E-state index is 11.8. The van der Waals surface area contributed by atoms with E-state index in [1.165, 1.54) is 12.8 Å². The number of hydrogen-bond acceptors (Lipinski definition) is 2. The number of hydrogen-bond donors (Lipinski definition) is 0. The summed E-state index contributed by atoms with van der Waals surface area (Å²) in [6.45, 7) is 0. The van der Waals surface area contributed by atoms with Gasteiger partial charge in [-0.2, -0.15) is 0 Å². The molecule has 2 aliphatic carbocycles. The number of ether oxygens (including phenoxy) is 1. The molecule has 3 rings (SSSR count). The third-order valence-corrected chi connectivity index (χ3v) is 4.06. The molecule has 0 amide bonds. The zero-order valence-corrected chi connectivity index (χ0v) is 9.32. The molecule has 0 bridgehead atoms. The van der Waals surface area contributed by atoms with Crippen molar-refractivity contribution in [1.29, 1.82) is 0 Å². The minimum Gasteiger partial charge on any atom is -0.489 e. The van der Waals surface area contributed by atoms with E-state index in [0.29, 0.717) is 12.2 Å². The molecule has 2 nitrogen and oxygen atoms in total. The summed E-state index contributed by atoms with van der Waals surface area (Å²) in [5, 5.41) is 0. The fourth-order valence-corrected chi connectivity index (χ4v) is 3.04. The molecule has 1 unspecified atom stereocenters. The highest BCUT2D eigenvalue weighted by molar-refractivity contribution is 5.92. The molecule has 1 aromatic rings. The van der Waals surface area contributed by atoms with Crippen LogP contribution >= 0.6 is 0 Å². The molecule has 1 aromatic carbocycles. The average Bonchev–Trinajstić information content (AvgIpc) is 2.82. The molecular formula is C14H16O2. The van der Waals surface area contributed by atoms with E-state index in [0.717, 1.165) is 18.6 Å². The van der Waals surface area contributed by atoms with Gasteiger partial charge in [-0.3, -0.25) is 4.79 Å². The van der Waals surface area contributed by atoms with Crippen molar-refractivity contribution in [1.82, 2.24) is 0 Å². The van der Waals surface area contributed by atoms with Crippen LogP contribution in [0, 0.1) is 5.41 Å². The van der Waals surface area contributed by atoms with Gasteiger partial charge in [0.15, 0.2) is 0 Å². The van der Waals surface area contributed by atoms with Gasteiger partial charge in [-0.15, -0.1) is 0 Å². The molecule has 0 aromatic heterocycles. The number of carbonyl (C=O) groups is 1. The van der Waals surface area contributed by atoms with Crippen molar-refractivity contribution in [3.63, 3.8) is 0 Å². The number of ketones is 1. The van der Waals surface area contributed by atoms with Gasteiger partial charge < -0.3 is 4.74 Å². The van der Waals surface area contributed by atoms with Gasteiger partial charge in [0.1, 0.15) is 17.6 Å². The molecule has 0 N–H and O–H groups in total. The van der Waals surface area contributed by atoms with Gasteiger partial charge in [-0.25, -0.2) is 0 Å².